The zero-order valence-corrected chi connectivity index (χ0v) is 12.5. The van der Waals surface area contributed by atoms with Crippen LogP contribution in [0.4, 0.5) is 0 Å². The second-order valence-electron chi connectivity index (χ2n) is 4.28. The summed E-state index contributed by atoms with van der Waals surface area (Å²) in [5, 5.41) is 8.88. The van der Waals surface area contributed by atoms with Crippen molar-refractivity contribution >= 4 is 27.3 Å². The van der Waals surface area contributed by atoms with Crippen LogP contribution in [0, 0.1) is 0 Å². The van der Waals surface area contributed by atoms with E-state index < -0.39 is 16.0 Å². The summed E-state index contributed by atoms with van der Waals surface area (Å²) in [6.07, 6.45) is 0. The summed E-state index contributed by atoms with van der Waals surface area (Å²) < 4.78 is 25.0. The molecule has 1 aromatic carbocycles. The predicted octanol–water partition coefficient (Wildman–Crippen LogP) is 2.36. The fourth-order valence-electron chi connectivity index (χ4n) is 1.61. The largest absolute Gasteiger partial charge is 0.477 e. The summed E-state index contributed by atoms with van der Waals surface area (Å²) in [4.78, 5) is 12.1. The molecule has 0 fully saturated rings. The first kappa shape index (κ1) is 14.7. The molecule has 0 aliphatic heterocycles. The Hall–Kier alpha value is -1.70. The Bertz CT molecular complexity index is 730. The van der Waals surface area contributed by atoms with Crippen molar-refractivity contribution in [3.63, 3.8) is 0 Å². The smallest absolute Gasteiger partial charge is 0.345 e. The summed E-state index contributed by atoms with van der Waals surface area (Å²) in [5.74, 6) is -0.965. The van der Waals surface area contributed by atoms with Gasteiger partial charge in [-0.1, -0.05) is 12.1 Å². The minimum atomic E-state index is -3.44. The molecular weight excluding hydrogens is 298 g/mol. The molecule has 0 unspecified atom stereocenters. The topological polar surface area (TPSA) is 74.7 Å². The molecule has 1 N–H and O–H groups in total. The molecule has 0 bridgehead atoms. The highest BCUT2D eigenvalue weighted by Crippen LogP contribution is 2.29. The molecule has 1 heterocycles. The average molecular weight is 311 g/mol. The van der Waals surface area contributed by atoms with E-state index in [1.807, 2.05) is 0 Å². The van der Waals surface area contributed by atoms with Gasteiger partial charge in [0, 0.05) is 19.0 Å². The minimum absolute atomic E-state index is 0.210. The fraction of sp³-hybridized carbons (Fsp3) is 0.154. The van der Waals surface area contributed by atoms with Gasteiger partial charge in [0.25, 0.3) is 0 Å². The van der Waals surface area contributed by atoms with Gasteiger partial charge in [0.2, 0.25) is 10.0 Å². The van der Waals surface area contributed by atoms with Crippen LogP contribution in [0.2, 0.25) is 0 Å². The average Bonchev–Trinajstić information content (AvgIpc) is 2.88. The molecule has 0 spiro atoms. The Morgan fingerprint density at radius 1 is 1.10 bits per heavy atom. The highest BCUT2D eigenvalue weighted by Gasteiger charge is 2.17. The lowest BCUT2D eigenvalue weighted by Crippen LogP contribution is -2.22. The monoisotopic (exact) mass is 311 g/mol. The van der Waals surface area contributed by atoms with E-state index in [0.717, 1.165) is 26.1 Å². The molecule has 0 atom stereocenters. The van der Waals surface area contributed by atoms with E-state index >= 15 is 0 Å². The van der Waals surface area contributed by atoms with Crippen LogP contribution in [0.1, 0.15) is 9.67 Å². The number of hydrogen-bond donors (Lipinski definition) is 1. The number of carboxylic acids is 1. The number of carbonyl (C=O) groups is 1. The third-order valence-electron chi connectivity index (χ3n) is 2.73. The van der Waals surface area contributed by atoms with Gasteiger partial charge in [-0.25, -0.2) is 17.5 Å². The molecule has 20 heavy (non-hydrogen) atoms. The Balaban J connectivity index is 2.35. The van der Waals surface area contributed by atoms with Gasteiger partial charge >= 0.3 is 5.97 Å². The quantitative estimate of drug-likeness (QED) is 0.940. The first-order valence-electron chi connectivity index (χ1n) is 5.68. The van der Waals surface area contributed by atoms with Crippen LogP contribution < -0.4 is 0 Å². The normalized spacial score (nSPS) is 11.8. The molecule has 0 amide bonds. The number of rotatable bonds is 4. The molecule has 2 rings (SSSR count). The van der Waals surface area contributed by atoms with Crippen LogP contribution in [0.3, 0.4) is 0 Å². The van der Waals surface area contributed by atoms with Crippen molar-refractivity contribution < 1.29 is 18.3 Å². The van der Waals surface area contributed by atoms with Gasteiger partial charge in [-0.3, -0.25) is 0 Å². The van der Waals surface area contributed by atoms with E-state index in [4.69, 9.17) is 5.11 Å². The molecule has 0 saturated carbocycles. The minimum Gasteiger partial charge on any atom is -0.477 e. The molecule has 0 aliphatic rings. The zero-order chi connectivity index (χ0) is 14.9. The summed E-state index contributed by atoms with van der Waals surface area (Å²) in [6, 6.07) is 9.63. The first-order valence-corrected chi connectivity index (χ1v) is 7.94. The maximum absolute atomic E-state index is 11.9. The maximum Gasteiger partial charge on any atom is 0.345 e. The third-order valence-corrected chi connectivity index (χ3v) is 5.69. The lowest BCUT2D eigenvalue weighted by molar-refractivity contribution is 0.0702. The van der Waals surface area contributed by atoms with E-state index in [2.05, 4.69) is 0 Å². The number of thiophene rings is 1. The molecule has 0 saturated heterocycles. The number of hydrogen-bond acceptors (Lipinski definition) is 4. The van der Waals surface area contributed by atoms with Gasteiger partial charge in [-0.15, -0.1) is 11.3 Å². The highest BCUT2D eigenvalue weighted by molar-refractivity contribution is 7.89. The van der Waals surface area contributed by atoms with E-state index in [1.54, 1.807) is 18.2 Å². The molecule has 0 aliphatic carbocycles. The SMILES string of the molecule is CN(C)S(=O)(=O)c1ccc(-c2ccc(C(=O)O)s2)cc1. The molecule has 106 valence electrons. The van der Waals surface area contributed by atoms with Crippen LogP contribution in [0.15, 0.2) is 41.3 Å². The molecule has 1 aromatic heterocycles. The molecular formula is C13H13NO4S2. The zero-order valence-electron chi connectivity index (χ0n) is 10.9. The third kappa shape index (κ3) is 2.74. The van der Waals surface area contributed by atoms with Crippen molar-refractivity contribution in [2.45, 2.75) is 4.90 Å². The van der Waals surface area contributed by atoms with Gasteiger partial charge < -0.3 is 5.11 Å². The van der Waals surface area contributed by atoms with Crippen molar-refractivity contribution in [3.8, 4) is 10.4 Å². The summed E-state index contributed by atoms with van der Waals surface area (Å²) in [7, 11) is -0.494. The van der Waals surface area contributed by atoms with Crippen molar-refractivity contribution in [1.29, 1.82) is 0 Å². The van der Waals surface area contributed by atoms with Crippen molar-refractivity contribution in [1.82, 2.24) is 4.31 Å². The predicted molar refractivity (Wildman–Crippen MR) is 77.6 cm³/mol. The molecule has 0 radical (unpaired) electrons. The number of nitrogens with zero attached hydrogens (tertiary/aromatic N) is 1. The molecule has 7 heteroatoms. The number of sulfonamides is 1. The van der Waals surface area contributed by atoms with E-state index in [0.29, 0.717) is 0 Å². The van der Waals surface area contributed by atoms with Gasteiger partial charge in [0.1, 0.15) is 4.88 Å². The summed E-state index contributed by atoms with van der Waals surface area (Å²) >= 11 is 1.15. The second kappa shape index (κ2) is 5.35. The number of carboxylic acid groups (broad SMARTS) is 1. The van der Waals surface area contributed by atoms with Crippen molar-refractivity contribution in [2.75, 3.05) is 14.1 Å². The van der Waals surface area contributed by atoms with Gasteiger partial charge in [-0.05, 0) is 29.8 Å². The van der Waals surface area contributed by atoms with Crippen molar-refractivity contribution in [3.05, 3.63) is 41.3 Å². The van der Waals surface area contributed by atoms with E-state index in [1.165, 1.54) is 32.3 Å². The first-order chi connectivity index (χ1) is 9.32. The van der Waals surface area contributed by atoms with Crippen molar-refractivity contribution in [2.24, 2.45) is 0 Å². The number of aromatic carboxylic acids is 1. The van der Waals surface area contributed by atoms with Gasteiger partial charge in [0.15, 0.2) is 0 Å². The van der Waals surface area contributed by atoms with Crippen LogP contribution in [0.25, 0.3) is 10.4 Å². The van der Waals surface area contributed by atoms with E-state index in [9.17, 15) is 13.2 Å². The lowest BCUT2D eigenvalue weighted by atomic mass is 10.2. The van der Waals surface area contributed by atoms with Gasteiger partial charge in [-0.2, -0.15) is 0 Å². The number of benzene rings is 1. The standard InChI is InChI=1S/C13H13NO4S2/c1-14(2)20(17,18)10-5-3-9(4-6-10)11-7-8-12(19-11)13(15)16/h3-8H,1-2H3,(H,15,16). The van der Waals surface area contributed by atoms with E-state index in [-0.39, 0.29) is 9.77 Å². The van der Waals surface area contributed by atoms with Crippen LogP contribution in [0.5, 0.6) is 0 Å². The highest BCUT2D eigenvalue weighted by atomic mass is 32.2. The summed E-state index contributed by atoms with van der Waals surface area (Å²) in [6.45, 7) is 0. The fourth-order valence-corrected chi connectivity index (χ4v) is 3.36. The van der Waals surface area contributed by atoms with Crippen LogP contribution in [-0.2, 0) is 10.0 Å². The molecule has 2 aromatic rings. The Morgan fingerprint density at radius 2 is 1.70 bits per heavy atom. The van der Waals surface area contributed by atoms with Crippen LogP contribution >= 0.6 is 11.3 Å². The summed E-state index contributed by atoms with van der Waals surface area (Å²) in [5.41, 5.74) is 0.792. The van der Waals surface area contributed by atoms with Crippen LogP contribution in [-0.4, -0.2) is 37.9 Å². The Labute approximate surface area is 121 Å². The van der Waals surface area contributed by atoms with Gasteiger partial charge in [0.05, 0.1) is 4.90 Å². The Morgan fingerprint density at radius 3 is 2.15 bits per heavy atom. The Kier molecular flexibility index (Phi) is 3.94. The second-order valence-corrected chi connectivity index (χ2v) is 7.52. The maximum atomic E-state index is 11.9. The molecule has 5 nitrogen and oxygen atoms in total. The lowest BCUT2D eigenvalue weighted by Gasteiger charge is -2.11.